The van der Waals surface area contributed by atoms with Gasteiger partial charge in [0.05, 0.1) is 6.61 Å². The van der Waals surface area contributed by atoms with Crippen LogP contribution in [0.15, 0.2) is 59.5 Å². The Hall–Kier alpha value is -3.55. The Labute approximate surface area is 154 Å². The molecule has 7 nitrogen and oxygen atoms in total. The van der Waals surface area contributed by atoms with E-state index >= 15 is 0 Å². The number of aromatic nitrogens is 3. The fourth-order valence-electron chi connectivity index (χ4n) is 2.29. The molecule has 138 valence electrons. The van der Waals surface area contributed by atoms with Gasteiger partial charge in [0.25, 0.3) is 11.5 Å². The number of carbonyl (C=O) groups is 1. The normalized spacial score (nSPS) is 10.4. The lowest BCUT2D eigenvalue weighted by Crippen LogP contribution is -2.23. The van der Waals surface area contributed by atoms with Gasteiger partial charge in [0.15, 0.2) is 0 Å². The van der Waals surface area contributed by atoms with Gasteiger partial charge >= 0.3 is 0 Å². The number of carbonyl (C=O) groups excluding carboxylic acids is 1. The summed E-state index contributed by atoms with van der Waals surface area (Å²) in [4.78, 5) is 27.6. The Morgan fingerprint density at radius 3 is 2.78 bits per heavy atom. The lowest BCUT2D eigenvalue weighted by Gasteiger charge is -2.07. The summed E-state index contributed by atoms with van der Waals surface area (Å²) in [5.41, 5.74) is 0.727. The van der Waals surface area contributed by atoms with Crippen LogP contribution in [0.2, 0.25) is 0 Å². The number of hydrogen-bond acceptors (Lipinski definition) is 5. The van der Waals surface area contributed by atoms with Gasteiger partial charge in [-0.15, -0.1) is 0 Å². The molecule has 2 aromatic heterocycles. The second-order valence-corrected chi connectivity index (χ2v) is 5.74. The summed E-state index contributed by atoms with van der Waals surface area (Å²) in [5, 5.41) is 6.50. The van der Waals surface area contributed by atoms with Crippen molar-refractivity contribution in [1.82, 2.24) is 14.8 Å². The Balaban J connectivity index is 1.54. The molecule has 0 aliphatic heterocycles. The average molecular weight is 368 g/mol. The number of nitrogens with zero attached hydrogens (tertiary/aromatic N) is 3. The second kappa shape index (κ2) is 8.22. The number of anilines is 1. The topological polar surface area (TPSA) is 86.1 Å². The fraction of sp³-hybridized carbons (Fsp3) is 0.158. The molecule has 0 fully saturated rings. The summed E-state index contributed by atoms with van der Waals surface area (Å²) in [6.07, 6.45) is 2.21. The molecule has 3 aromatic rings. The van der Waals surface area contributed by atoms with E-state index in [-0.39, 0.29) is 17.1 Å². The smallest absolute Gasteiger partial charge is 0.277 e. The van der Waals surface area contributed by atoms with Gasteiger partial charge in [-0.3, -0.25) is 9.59 Å². The molecule has 27 heavy (non-hydrogen) atoms. The van der Waals surface area contributed by atoms with E-state index in [0.29, 0.717) is 24.6 Å². The number of halogens is 1. The Bertz CT molecular complexity index is 1000. The zero-order valence-electron chi connectivity index (χ0n) is 14.6. The van der Waals surface area contributed by atoms with Gasteiger partial charge in [-0.1, -0.05) is 12.1 Å². The molecule has 0 atom stereocenters. The molecule has 2 heterocycles. The number of hydrogen-bond donors (Lipinski definition) is 1. The fourth-order valence-corrected chi connectivity index (χ4v) is 2.29. The Morgan fingerprint density at radius 1 is 1.22 bits per heavy atom. The quantitative estimate of drug-likeness (QED) is 0.721. The predicted molar refractivity (Wildman–Crippen MR) is 97.3 cm³/mol. The maximum Gasteiger partial charge on any atom is 0.277 e. The van der Waals surface area contributed by atoms with Crippen LogP contribution in [0.25, 0.3) is 0 Å². The molecule has 0 aliphatic rings. The van der Waals surface area contributed by atoms with Crippen LogP contribution in [0.3, 0.4) is 0 Å². The number of pyridine rings is 1. The maximum absolute atomic E-state index is 13.1. The SMILES string of the molecule is Cn1nc(C(=O)Nc2ccc(CCOc3cccc(F)c3)cn2)ccc1=O. The predicted octanol–water partition coefficient (Wildman–Crippen LogP) is 2.19. The summed E-state index contributed by atoms with van der Waals surface area (Å²) < 4.78 is 19.7. The van der Waals surface area contributed by atoms with Gasteiger partial charge in [0.2, 0.25) is 0 Å². The number of amides is 1. The van der Waals surface area contributed by atoms with Crippen molar-refractivity contribution in [3.63, 3.8) is 0 Å². The molecule has 1 aromatic carbocycles. The highest BCUT2D eigenvalue weighted by Crippen LogP contribution is 2.13. The second-order valence-electron chi connectivity index (χ2n) is 5.74. The molecule has 0 spiro atoms. The van der Waals surface area contributed by atoms with Crippen molar-refractivity contribution >= 4 is 11.7 Å². The van der Waals surface area contributed by atoms with Gasteiger partial charge in [-0.05, 0) is 29.8 Å². The zero-order valence-corrected chi connectivity index (χ0v) is 14.6. The lowest BCUT2D eigenvalue weighted by atomic mass is 10.2. The van der Waals surface area contributed by atoms with Crippen LogP contribution in [0.5, 0.6) is 5.75 Å². The molecule has 0 bridgehead atoms. The molecular weight excluding hydrogens is 351 g/mol. The molecule has 3 rings (SSSR count). The number of benzene rings is 1. The van der Waals surface area contributed by atoms with E-state index < -0.39 is 5.91 Å². The van der Waals surface area contributed by atoms with Crippen LogP contribution >= 0.6 is 0 Å². The molecule has 0 saturated heterocycles. The summed E-state index contributed by atoms with van der Waals surface area (Å²) in [7, 11) is 1.47. The highest BCUT2D eigenvalue weighted by Gasteiger charge is 2.09. The standard InChI is InChI=1S/C19H17FN4O3/c1-24-18(25)8-6-16(23-24)19(26)22-17-7-5-13(12-21-17)9-10-27-15-4-2-3-14(20)11-15/h2-8,11-12H,9-10H2,1H3,(H,21,22,26). The van der Waals surface area contributed by atoms with E-state index in [1.54, 1.807) is 24.4 Å². The molecule has 0 aliphatic carbocycles. The molecule has 0 saturated carbocycles. The minimum Gasteiger partial charge on any atom is -0.493 e. The van der Waals surface area contributed by atoms with Crippen LogP contribution in [0.1, 0.15) is 16.1 Å². The van der Waals surface area contributed by atoms with Crippen molar-refractivity contribution in [1.29, 1.82) is 0 Å². The van der Waals surface area contributed by atoms with Crippen molar-refractivity contribution in [2.24, 2.45) is 7.05 Å². The monoisotopic (exact) mass is 368 g/mol. The number of rotatable bonds is 6. The molecule has 1 amide bonds. The van der Waals surface area contributed by atoms with E-state index in [9.17, 15) is 14.0 Å². The summed E-state index contributed by atoms with van der Waals surface area (Å²) >= 11 is 0. The van der Waals surface area contributed by atoms with Crippen LogP contribution in [-0.2, 0) is 13.5 Å². The lowest BCUT2D eigenvalue weighted by molar-refractivity contribution is 0.101. The highest BCUT2D eigenvalue weighted by molar-refractivity contribution is 6.02. The number of aryl methyl sites for hydroxylation is 1. The van der Waals surface area contributed by atoms with Gasteiger partial charge in [0, 0.05) is 31.8 Å². The third kappa shape index (κ3) is 4.97. The van der Waals surface area contributed by atoms with Gasteiger partial charge in [-0.2, -0.15) is 5.10 Å². The van der Waals surface area contributed by atoms with Crippen LogP contribution < -0.4 is 15.6 Å². The Kier molecular flexibility index (Phi) is 5.55. The van der Waals surface area contributed by atoms with Crippen LogP contribution in [0, 0.1) is 5.82 Å². The van der Waals surface area contributed by atoms with Crippen molar-refractivity contribution < 1.29 is 13.9 Å². The summed E-state index contributed by atoms with van der Waals surface area (Å²) in [6, 6.07) is 12.1. The molecule has 0 unspecified atom stereocenters. The van der Waals surface area contributed by atoms with Gasteiger partial charge < -0.3 is 10.1 Å². The van der Waals surface area contributed by atoms with E-state index in [0.717, 1.165) is 10.2 Å². The average Bonchev–Trinajstić information content (AvgIpc) is 2.65. The van der Waals surface area contributed by atoms with Gasteiger partial charge in [-0.25, -0.2) is 14.1 Å². The van der Waals surface area contributed by atoms with Crippen molar-refractivity contribution in [3.8, 4) is 5.75 Å². The molecule has 8 heteroatoms. The third-order valence-corrected chi connectivity index (χ3v) is 3.71. The first kappa shape index (κ1) is 18.2. The third-order valence-electron chi connectivity index (χ3n) is 3.71. The van der Waals surface area contributed by atoms with Crippen LogP contribution in [0.4, 0.5) is 10.2 Å². The van der Waals surface area contributed by atoms with E-state index in [2.05, 4.69) is 15.4 Å². The zero-order chi connectivity index (χ0) is 19.2. The van der Waals surface area contributed by atoms with Gasteiger partial charge in [0.1, 0.15) is 23.1 Å². The largest absolute Gasteiger partial charge is 0.493 e. The number of ether oxygens (including phenoxy) is 1. The minimum atomic E-state index is -0.458. The highest BCUT2D eigenvalue weighted by atomic mass is 19.1. The Morgan fingerprint density at radius 2 is 2.07 bits per heavy atom. The molecule has 1 N–H and O–H groups in total. The maximum atomic E-state index is 13.1. The van der Waals surface area contributed by atoms with Crippen molar-refractivity contribution in [3.05, 3.63) is 82.2 Å². The molecule has 0 radical (unpaired) electrons. The van der Waals surface area contributed by atoms with Crippen molar-refractivity contribution in [2.75, 3.05) is 11.9 Å². The molecular formula is C19H17FN4O3. The minimum absolute atomic E-state index is 0.117. The first-order valence-corrected chi connectivity index (χ1v) is 8.20. The van der Waals surface area contributed by atoms with Crippen molar-refractivity contribution in [2.45, 2.75) is 6.42 Å². The van der Waals surface area contributed by atoms with E-state index in [4.69, 9.17) is 4.74 Å². The van der Waals surface area contributed by atoms with Crippen LogP contribution in [-0.4, -0.2) is 27.3 Å². The summed E-state index contributed by atoms with van der Waals surface area (Å²) in [5.74, 6) is 0.0320. The first-order chi connectivity index (χ1) is 13.0. The van der Waals surface area contributed by atoms with E-state index in [1.807, 2.05) is 6.07 Å². The first-order valence-electron chi connectivity index (χ1n) is 8.20. The van der Waals surface area contributed by atoms with E-state index in [1.165, 1.54) is 31.3 Å². The summed E-state index contributed by atoms with van der Waals surface area (Å²) in [6.45, 7) is 0.374. The number of nitrogens with one attached hydrogen (secondary N) is 1.